The third kappa shape index (κ3) is 2.60. The Morgan fingerprint density at radius 2 is 2.06 bits per heavy atom. The van der Waals surface area contributed by atoms with Crippen LogP contribution < -0.4 is 0 Å². The van der Waals surface area contributed by atoms with Crippen LogP contribution in [0.15, 0.2) is 34.9 Å². The summed E-state index contributed by atoms with van der Waals surface area (Å²) >= 11 is 9.19. The van der Waals surface area contributed by atoms with Crippen LogP contribution in [0.5, 0.6) is 0 Å². The number of rotatable bonds is 2. The topological polar surface area (TPSA) is 25.8 Å². The molecule has 1 aromatic heterocycles. The third-order valence-corrected chi connectivity index (χ3v) is 3.46. The zero-order chi connectivity index (χ0) is 11.5. The van der Waals surface area contributed by atoms with Gasteiger partial charge in [0.15, 0.2) is 0 Å². The molecule has 0 atom stereocenters. The highest BCUT2D eigenvalue weighted by Gasteiger charge is 2.05. The van der Waals surface area contributed by atoms with E-state index in [1.54, 1.807) is 6.20 Å². The first kappa shape index (κ1) is 11.6. The molecule has 0 N–H and O–H groups in total. The molecular weight excluding hydrogens is 288 g/mol. The number of aromatic nitrogens is 2. The second-order valence-electron chi connectivity index (χ2n) is 3.53. The molecule has 0 aliphatic carbocycles. The Hall–Kier alpha value is -0.930. The molecule has 0 unspecified atom stereocenters. The Morgan fingerprint density at radius 1 is 1.31 bits per heavy atom. The molecule has 0 aliphatic rings. The first-order valence-corrected chi connectivity index (χ1v) is 6.05. The van der Waals surface area contributed by atoms with Crippen molar-refractivity contribution in [3.63, 3.8) is 0 Å². The summed E-state index contributed by atoms with van der Waals surface area (Å²) in [6.45, 7) is 2.08. The largest absolute Gasteiger partial charge is 0.240 e. The number of nitrogens with zero attached hydrogens (tertiary/aromatic N) is 2. The number of halogens is 2. The lowest BCUT2D eigenvalue weighted by Crippen LogP contribution is -1.98. The van der Waals surface area contributed by atoms with E-state index in [9.17, 15) is 0 Å². The van der Waals surface area contributed by atoms with Gasteiger partial charge in [-0.1, -0.05) is 35.9 Å². The van der Waals surface area contributed by atoms with Gasteiger partial charge in [-0.3, -0.25) is 0 Å². The fourth-order valence-electron chi connectivity index (χ4n) is 1.44. The summed E-state index contributed by atoms with van der Waals surface area (Å²) in [6.07, 6.45) is 2.39. The highest BCUT2D eigenvalue weighted by Crippen LogP contribution is 2.19. The molecule has 4 heteroatoms. The van der Waals surface area contributed by atoms with Crippen LogP contribution in [-0.2, 0) is 6.42 Å². The van der Waals surface area contributed by atoms with Gasteiger partial charge >= 0.3 is 0 Å². The van der Waals surface area contributed by atoms with Gasteiger partial charge in [-0.15, -0.1) is 0 Å². The smallest absolute Gasteiger partial charge is 0.146 e. The van der Waals surface area contributed by atoms with Crippen LogP contribution in [0.2, 0.25) is 5.15 Å². The first-order valence-electron chi connectivity index (χ1n) is 4.88. The molecule has 0 saturated carbocycles. The van der Waals surface area contributed by atoms with Crippen LogP contribution in [0.3, 0.4) is 0 Å². The molecular formula is C12H10BrClN2. The molecule has 1 heterocycles. The summed E-state index contributed by atoms with van der Waals surface area (Å²) in [6, 6.07) is 8.20. The van der Waals surface area contributed by atoms with E-state index in [2.05, 4.69) is 45.0 Å². The highest BCUT2D eigenvalue weighted by atomic mass is 79.9. The fraction of sp³-hybridized carbons (Fsp3) is 0.167. The van der Waals surface area contributed by atoms with Crippen LogP contribution in [0.4, 0.5) is 0 Å². The van der Waals surface area contributed by atoms with Crippen molar-refractivity contribution in [2.75, 3.05) is 0 Å². The second kappa shape index (κ2) is 4.93. The number of hydrogen-bond acceptors (Lipinski definition) is 2. The second-order valence-corrected chi connectivity index (χ2v) is 4.74. The lowest BCUT2D eigenvalue weighted by molar-refractivity contribution is 0.955. The van der Waals surface area contributed by atoms with E-state index in [1.807, 2.05) is 12.1 Å². The number of aryl methyl sites for hydroxylation is 1. The zero-order valence-electron chi connectivity index (χ0n) is 8.74. The van der Waals surface area contributed by atoms with Crippen LogP contribution in [0.1, 0.15) is 17.0 Å². The molecule has 16 heavy (non-hydrogen) atoms. The number of hydrogen-bond donors (Lipinski definition) is 0. The van der Waals surface area contributed by atoms with Gasteiger partial charge < -0.3 is 0 Å². The third-order valence-electron chi connectivity index (χ3n) is 2.36. The predicted molar refractivity (Wildman–Crippen MR) is 68.7 cm³/mol. The van der Waals surface area contributed by atoms with Crippen molar-refractivity contribution in [1.82, 2.24) is 9.97 Å². The van der Waals surface area contributed by atoms with E-state index in [4.69, 9.17) is 11.6 Å². The molecule has 0 spiro atoms. The SMILES string of the molecule is Cc1ccccc1Cc1ncc(Br)c(Cl)n1. The van der Waals surface area contributed by atoms with Crippen molar-refractivity contribution in [2.24, 2.45) is 0 Å². The standard InChI is InChI=1S/C12H10BrClN2/c1-8-4-2-3-5-9(8)6-11-15-7-10(13)12(14)16-11/h2-5,7H,6H2,1H3. The van der Waals surface area contributed by atoms with Gasteiger partial charge in [0, 0.05) is 12.6 Å². The molecule has 82 valence electrons. The zero-order valence-corrected chi connectivity index (χ0v) is 11.1. The summed E-state index contributed by atoms with van der Waals surface area (Å²) in [5, 5.41) is 0.457. The maximum atomic E-state index is 5.92. The monoisotopic (exact) mass is 296 g/mol. The molecule has 2 rings (SSSR count). The predicted octanol–water partition coefficient (Wildman–Crippen LogP) is 3.79. The van der Waals surface area contributed by atoms with E-state index >= 15 is 0 Å². The summed E-state index contributed by atoms with van der Waals surface area (Å²) < 4.78 is 0.725. The molecule has 2 nitrogen and oxygen atoms in total. The van der Waals surface area contributed by atoms with Gasteiger partial charge in [0.25, 0.3) is 0 Å². The van der Waals surface area contributed by atoms with Crippen molar-refractivity contribution >= 4 is 27.5 Å². The maximum absolute atomic E-state index is 5.92. The molecule has 0 radical (unpaired) electrons. The molecule has 0 fully saturated rings. The highest BCUT2D eigenvalue weighted by molar-refractivity contribution is 9.10. The van der Waals surface area contributed by atoms with Crippen molar-refractivity contribution in [1.29, 1.82) is 0 Å². The average molecular weight is 298 g/mol. The summed E-state index contributed by atoms with van der Waals surface area (Å²) in [4.78, 5) is 8.45. The molecule has 0 aliphatic heterocycles. The van der Waals surface area contributed by atoms with Gasteiger partial charge in [0.1, 0.15) is 11.0 Å². The Labute approximate surface area is 108 Å². The first-order chi connectivity index (χ1) is 7.66. The normalized spacial score (nSPS) is 10.4. The maximum Gasteiger partial charge on any atom is 0.146 e. The van der Waals surface area contributed by atoms with E-state index in [0.717, 1.165) is 10.3 Å². The van der Waals surface area contributed by atoms with Crippen LogP contribution in [-0.4, -0.2) is 9.97 Å². The minimum atomic E-state index is 0.457. The molecule has 0 amide bonds. The molecule has 0 bridgehead atoms. The average Bonchev–Trinajstić information content (AvgIpc) is 2.27. The van der Waals surface area contributed by atoms with Gasteiger partial charge in [-0.2, -0.15) is 0 Å². The van der Waals surface area contributed by atoms with Crippen molar-refractivity contribution < 1.29 is 0 Å². The Bertz CT molecular complexity index is 514. The summed E-state index contributed by atoms with van der Waals surface area (Å²) in [5.41, 5.74) is 2.46. The molecule has 1 aromatic carbocycles. The van der Waals surface area contributed by atoms with Crippen LogP contribution in [0.25, 0.3) is 0 Å². The Balaban J connectivity index is 2.28. The van der Waals surface area contributed by atoms with Crippen molar-refractivity contribution in [2.45, 2.75) is 13.3 Å². The number of benzene rings is 1. The van der Waals surface area contributed by atoms with Crippen molar-refractivity contribution in [3.8, 4) is 0 Å². The van der Waals surface area contributed by atoms with Gasteiger partial charge in [-0.25, -0.2) is 9.97 Å². The summed E-state index contributed by atoms with van der Waals surface area (Å²) in [5.74, 6) is 0.738. The van der Waals surface area contributed by atoms with E-state index in [-0.39, 0.29) is 0 Å². The Morgan fingerprint density at radius 3 is 2.75 bits per heavy atom. The van der Waals surface area contributed by atoms with E-state index in [1.165, 1.54) is 11.1 Å². The lowest BCUT2D eigenvalue weighted by Gasteiger charge is -2.04. The Kier molecular flexibility index (Phi) is 3.56. The van der Waals surface area contributed by atoms with Crippen molar-refractivity contribution in [3.05, 3.63) is 57.0 Å². The van der Waals surface area contributed by atoms with E-state index in [0.29, 0.717) is 11.6 Å². The van der Waals surface area contributed by atoms with Gasteiger partial charge in [0.05, 0.1) is 4.47 Å². The van der Waals surface area contributed by atoms with Gasteiger partial charge in [-0.05, 0) is 34.0 Å². The van der Waals surface area contributed by atoms with Crippen LogP contribution >= 0.6 is 27.5 Å². The van der Waals surface area contributed by atoms with Crippen LogP contribution in [0, 0.1) is 6.92 Å². The molecule has 0 saturated heterocycles. The minimum absolute atomic E-state index is 0.457. The minimum Gasteiger partial charge on any atom is -0.240 e. The van der Waals surface area contributed by atoms with Gasteiger partial charge in [0.2, 0.25) is 0 Å². The quantitative estimate of drug-likeness (QED) is 0.788. The fourth-order valence-corrected chi connectivity index (χ4v) is 1.78. The van der Waals surface area contributed by atoms with E-state index < -0.39 is 0 Å². The molecule has 2 aromatic rings. The lowest BCUT2D eigenvalue weighted by atomic mass is 10.1. The summed E-state index contributed by atoms with van der Waals surface area (Å²) in [7, 11) is 0.